The van der Waals surface area contributed by atoms with Crippen molar-refractivity contribution in [2.75, 3.05) is 24.2 Å². The molecule has 0 aliphatic heterocycles. The Morgan fingerprint density at radius 2 is 1.95 bits per heavy atom. The third kappa shape index (κ3) is 2.88. The third-order valence-corrected chi connectivity index (χ3v) is 3.76. The first-order valence-corrected chi connectivity index (χ1v) is 7.56. The molecule has 0 radical (unpaired) electrons. The largest absolute Gasteiger partial charge is 0.395 e. The maximum atomic E-state index is 8.89. The Morgan fingerprint density at radius 3 is 2.68 bits per heavy atom. The van der Waals surface area contributed by atoms with Crippen LogP contribution in [0.4, 0.5) is 11.8 Å². The molecule has 0 fully saturated rings. The lowest BCUT2D eigenvalue weighted by Crippen LogP contribution is -2.11. The van der Waals surface area contributed by atoms with Gasteiger partial charge in [0.15, 0.2) is 21.7 Å². The number of fused-ring (bicyclic) bond motifs is 1. The van der Waals surface area contributed by atoms with E-state index >= 15 is 0 Å². The van der Waals surface area contributed by atoms with Gasteiger partial charge in [-0.1, -0.05) is 30.3 Å². The molecule has 3 aromatic rings. The summed E-state index contributed by atoms with van der Waals surface area (Å²) in [7, 11) is 0. The normalized spacial score (nSPS) is 11.0. The molecule has 7 nitrogen and oxygen atoms in total. The van der Waals surface area contributed by atoms with Crippen molar-refractivity contribution in [3.8, 4) is 0 Å². The number of rotatable bonds is 5. The quantitative estimate of drug-likeness (QED) is 0.596. The number of nitrogens with one attached hydrogen (secondary N) is 1. The molecule has 22 heavy (non-hydrogen) atoms. The van der Waals surface area contributed by atoms with Crippen molar-refractivity contribution >= 4 is 38.9 Å². The molecule has 114 valence electrons. The van der Waals surface area contributed by atoms with Gasteiger partial charge < -0.3 is 16.2 Å². The summed E-state index contributed by atoms with van der Waals surface area (Å²) < 4.78 is 2.57. The minimum absolute atomic E-state index is 0.00568. The Bertz CT molecular complexity index is 789. The summed E-state index contributed by atoms with van der Waals surface area (Å²) in [6.45, 7) is 0.973. The van der Waals surface area contributed by atoms with Crippen LogP contribution in [0.5, 0.6) is 0 Å². The zero-order valence-electron chi connectivity index (χ0n) is 11.7. The first-order valence-electron chi connectivity index (χ1n) is 6.77. The molecule has 2 heterocycles. The summed E-state index contributed by atoms with van der Waals surface area (Å²) in [5.74, 6) is 0.679. The fraction of sp³-hybridized carbons (Fsp3) is 0.214. The van der Waals surface area contributed by atoms with Crippen LogP contribution >= 0.6 is 15.9 Å². The van der Waals surface area contributed by atoms with E-state index in [0.29, 0.717) is 40.8 Å². The van der Waals surface area contributed by atoms with Crippen LogP contribution < -0.4 is 11.1 Å². The highest BCUT2D eigenvalue weighted by atomic mass is 79.9. The molecule has 0 spiro atoms. The maximum Gasteiger partial charge on any atom is 0.226 e. The molecule has 0 unspecified atom stereocenters. The van der Waals surface area contributed by atoms with Gasteiger partial charge in [-0.15, -0.1) is 0 Å². The highest BCUT2D eigenvalue weighted by molar-refractivity contribution is 9.10. The van der Waals surface area contributed by atoms with E-state index < -0.39 is 0 Å². The van der Waals surface area contributed by atoms with E-state index in [1.165, 1.54) is 0 Å². The molecular formula is C14H15BrN6O. The summed E-state index contributed by atoms with van der Waals surface area (Å²) in [5, 5.41) is 11.8. The average molecular weight is 363 g/mol. The predicted molar refractivity (Wildman–Crippen MR) is 88.6 cm³/mol. The Kier molecular flexibility index (Phi) is 4.21. The lowest BCUT2D eigenvalue weighted by Gasteiger charge is -2.07. The number of aliphatic hydroxyl groups excluding tert-OH is 1. The maximum absolute atomic E-state index is 8.89. The number of benzene rings is 1. The fourth-order valence-corrected chi connectivity index (χ4v) is 2.62. The van der Waals surface area contributed by atoms with E-state index in [0.717, 1.165) is 5.56 Å². The number of aromatic nitrogens is 4. The number of hydrogen-bond donors (Lipinski definition) is 3. The first kappa shape index (κ1) is 14.7. The van der Waals surface area contributed by atoms with Gasteiger partial charge in [0.25, 0.3) is 0 Å². The number of nitrogen functional groups attached to an aromatic ring is 1. The van der Waals surface area contributed by atoms with Crippen molar-refractivity contribution in [2.45, 2.75) is 6.54 Å². The second kappa shape index (κ2) is 6.29. The Labute approximate surface area is 135 Å². The Balaban J connectivity index is 2.05. The molecule has 1 aromatic carbocycles. The van der Waals surface area contributed by atoms with Gasteiger partial charge in [-0.3, -0.25) is 4.57 Å². The number of aliphatic hydroxyl groups is 1. The third-order valence-electron chi connectivity index (χ3n) is 3.15. The van der Waals surface area contributed by atoms with Crippen molar-refractivity contribution in [3.63, 3.8) is 0 Å². The molecule has 0 saturated carbocycles. The summed E-state index contributed by atoms with van der Waals surface area (Å²) >= 11 is 3.45. The lowest BCUT2D eigenvalue weighted by atomic mass is 10.2. The lowest BCUT2D eigenvalue weighted by molar-refractivity contribution is 0.311. The minimum Gasteiger partial charge on any atom is -0.395 e. The molecule has 3 rings (SSSR count). The van der Waals surface area contributed by atoms with E-state index in [1.54, 1.807) is 0 Å². The van der Waals surface area contributed by atoms with Gasteiger partial charge >= 0.3 is 0 Å². The smallest absolute Gasteiger partial charge is 0.226 e. The van der Waals surface area contributed by atoms with Crippen LogP contribution in [0.2, 0.25) is 0 Å². The monoisotopic (exact) mass is 362 g/mol. The number of halogens is 1. The van der Waals surface area contributed by atoms with Gasteiger partial charge in [-0.25, -0.2) is 4.98 Å². The second-order valence-electron chi connectivity index (χ2n) is 4.71. The van der Waals surface area contributed by atoms with E-state index in [9.17, 15) is 0 Å². The average Bonchev–Trinajstić information content (AvgIpc) is 2.83. The van der Waals surface area contributed by atoms with Crippen LogP contribution in [0.3, 0.4) is 0 Å². The molecule has 4 N–H and O–H groups in total. The highest BCUT2D eigenvalue weighted by Gasteiger charge is 2.15. The van der Waals surface area contributed by atoms with Gasteiger partial charge in [0.05, 0.1) is 13.2 Å². The zero-order chi connectivity index (χ0) is 15.5. The first-order chi connectivity index (χ1) is 10.7. The topological polar surface area (TPSA) is 102 Å². The standard InChI is InChI=1S/C14H15BrN6O/c15-13-18-10-11(16)19-14(17-6-7-22)20-12(10)21(13)8-9-4-2-1-3-5-9/h1-5,22H,6-8H2,(H3,16,17,19,20). The number of nitrogens with two attached hydrogens (primary N) is 1. The van der Waals surface area contributed by atoms with Crippen molar-refractivity contribution in [1.29, 1.82) is 0 Å². The van der Waals surface area contributed by atoms with Crippen LogP contribution in [-0.2, 0) is 6.54 Å². The van der Waals surface area contributed by atoms with Crippen molar-refractivity contribution in [2.24, 2.45) is 0 Å². The van der Waals surface area contributed by atoms with E-state index in [-0.39, 0.29) is 6.61 Å². The van der Waals surface area contributed by atoms with Crippen LogP contribution in [0.25, 0.3) is 11.2 Å². The van der Waals surface area contributed by atoms with E-state index in [4.69, 9.17) is 10.8 Å². The van der Waals surface area contributed by atoms with Gasteiger partial charge in [0, 0.05) is 6.54 Å². The SMILES string of the molecule is Nc1nc(NCCO)nc2c1nc(Br)n2Cc1ccccc1. The van der Waals surface area contributed by atoms with E-state index in [1.807, 2.05) is 34.9 Å². The summed E-state index contributed by atoms with van der Waals surface area (Å²) in [5.41, 5.74) is 8.28. The number of imidazole rings is 1. The minimum atomic E-state index is -0.00568. The van der Waals surface area contributed by atoms with Gasteiger partial charge in [-0.05, 0) is 21.5 Å². The summed E-state index contributed by atoms with van der Waals surface area (Å²) in [4.78, 5) is 13.0. The summed E-state index contributed by atoms with van der Waals surface area (Å²) in [6, 6.07) is 10.0. The molecule has 0 amide bonds. The van der Waals surface area contributed by atoms with Crippen molar-refractivity contribution in [3.05, 3.63) is 40.6 Å². The predicted octanol–water partition coefficient (Wildman–Crippen LogP) is 1.62. The number of hydrogen-bond acceptors (Lipinski definition) is 6. The molecule has 0 bridgehead atoms. The number of nitrogens with zero attached hydrogens (tertiary/aromatic N) is 4. The Hall–Kier alpha value is -2.19. The molecule has 2 aromatic heterocycles. The molecule has 0 aliphatic rings. The molecule has 0 saturated heterocycles. The van der Waals surface area contributed by atoms with Crippen molar-refractivity contribution < 1.29 is 5.11 Å². The molecular weight excluding hydrogens is 348 g/mol. The van der Waals surface area contributed by atoms with Crippen LogP contribution in [0.15, 0.2) is 35.1 Å². The van der Waals surface area contributed by atoms with Gasteiger partial charge in [0.2, 0.25) is 5.95 Å². The molecule has 8 heteroatoms. The van der Waals surface area contributed by atoms with Crippen LogP contribution in [0.1, 0.15) is 5.56 Å². The van der Waals surface area contributed by atoms with Gasteiger partial charge in [-0.2, -0.15) is 9.97 Å². The fourth-order valence-electron chi connectivity index (χ4n) is 2.15. The van der Waals surface area contributed by atoms with E-state index in [2.05, 4.69) is 36.2 Å². The zero-order valence-corrected chi connectivity index (χ0v) is 13.3. The van der Waals surface area contributed by atoms with Crippen LogP contribution in [-0.4, -0.2) is 37.8 Å². The molecule has 0 aliphatic carbocycles. The Morgan fingerprint density at radius 1 is 1.18 bits per heavy atom. The highest BCUT2D eigenvalue weighted by Crippen LogP contribution is 2.24. The van der Waals surface area contributed by atoms with Crippen molar-refractivity contribution in [1.82, 2.24) is 19.5 Å². The second-order valence-corrected chi connectivity index (χ2v) is 5.42. The van der Waals surface area contributed by atoms with Gasteiger partial charge in [0.1, 0.15) is 0 Å². The molecule has 0 atom stereocenters. The number of anilines is 2. The summed E-state index contributed by atoms with van der Waals surface area (Å²) in [6.07, 6.45) is 0. The van der Waals surface area contributed by atoms with Crippen LogP contribution in [0, 0.1) is 0 Å².